The Kier molecular flexibility index (Phi) is 5.07. The summed E-state index contributed by atoms with van der Waals surface area (Å²) in [6, 6.07) is 13.1. The minimum absolute atomic E-state index is 0.0338. The highest BCUT2D eigenvalue weighted by Gasteiger charge is 2.13. The molecule has 0 aliphatic carbocycles. The Labute approximate surface area is 150 Å². The van der Waals surface area contributed by atoms with E-state index in [1.807, 2.05) is 43.3 Å². The second-order valence-corrected chi connectivity index (χ2v) is 5.94. The molecule has 132 valence electrons. The van der Waals surface area contributed by atoms with E-state index in [2.05, 4.69) is 20.3 Å². The van der Waals surface area contributed by atoms with E-state index in [0.717, 1.165) is 11.3 Å². The predicted molar refractivity (Wildman–Crippen MR) is 100 cm³/mol. The van der Waals surface area contributed by atoms with Crippen LogP contribution in [0.3, 0.4) is 0 Å². The van der Waals surface area contributed by atoms with Crippen molar-refractivity contribution >= 4 is 11.6 Å². The number of hydrogen-bond donors (Lipinski definition) is 2. The average Bonchev–Trinajstić information content (AvgIpc) is 2.67. The number of nitrogens with zero attached hydrogens (tertiary/aromatic N) is 3. The van der Waals surface area contributed by atoms with Crippen LogP contribution in [-0.2, 0) is 6.54 Å². The van der Waals surface area contributed by atoms with E-state index >= 15 is 0 Å². The van der Waals surface area contributed by atoms with Gasteiger partial charge in [-0.05, 0) is 29.8 Å². The van der Waals surface area contributed by atoms with Gasteiger partial charge in [0.2, 0.25) is 0 Å². The summed E-state index contributed by atoms with van der Waals surface area (Å²) in [5.74, 6) is -0.146. The molecule has 26 heavy (non-hydrogen) atoms. The molecule has 0 aliphatic heterocycles. The van der Waals surface area contributed by atoms with Crippen LogP contribution in [-0.4, -0.2) is 35.0 Å². The largest absolute Gasteiger partial charge is 0.378 e. The van der Waals surface area contributed by atoms with Crippen LogP contribution in [0.4, 0.5) is 5.69 Å². The van der Waals surface area contributed by atoms with Crippen molar-refractivity contribution in [1.82, 2.24) is 20.3 Å². The van der Waals surface area contributed by atoms with E-state index in [4.69, 9.17) is 0 Å². The zero-order valence-electron chi connectivity index (χ0n) is 14.6. The zero-order chi connectivity index (χ0) is 18.5. The third-order valence-electron chi connectivity index (χ3n) is 3.83. The van der Waals surface area contributed by atoms with Gasteiger partial charge in [-0.15, -0.1) is 0 Å². The van der Waals surface area contributed by atoms with Gasteiger partial charge in [-0.1, -0.05) is 18.2 Å². The van der Waals surface area contributed by atoms with Crippen molar-refractivity contribution < 1.29 is 4.79 Å². The molecule has 2 aromatic heterocycles. The summed E-state index contributed by atoms with van der Waals surface area (Å²) in [5, 5.41) is 2.75. The van der Waals surface area contributed by atoms with Crippen molar-refractivity contribution in [2.45, 2.75) is 6.54 Å². The molecule has 0 saturated carbocycles. The Morgan fingerprint density at radius 1 is 1.15 bits per heavy atom. The first-order valence-corrected chi connectivity index (χ1v) is 8.10. The fraction of sp³-hybridized carbons (Fsp3) is 0.158. The molecular formula is C19H19N5O2. The normalized spacial score (nSPS) is 10.4. The molecule has 0 bridgehead atoms. The highest BCUT2D eigenvalue weighted by atomic mass is 16.2. The summed E-state index contributed by atoms with van der Waals surface area (Å²) in [6.45, 7) is 0.321. The third-order valence-corrected chi connectivity index (χ3v) is 3.83. The maximum Gasteiger partial charge on any atom is 0.264 e. The molecule has 0 radical (unpaired) electrons. The van der Waals surface area contributed by atoms with Crippen LogP contribution in [0.15, 0.2) is 59.7 Å². The summed E-state index contributed by atoms with van der Waals surface area (Å²) >= 11 is 0. The SMILES string of the molecule is CN(C)c1cccc(CNC(=O)c2cnc(-c3ccccn3)[nH]c2=O)c1. The Hall–Kier alpha value is -3.48. The number of benzene rings is 1. The van der Waals surface area contributed by atoms with Gasteiger partial charge in [-0.3, -0.25) is 14.6 Å². The van der Waals surface area contributed by atoms with E-state index in [0.29, 0.717) is 18.1 Å². The van der Waals surface area contributed by atoms with Gasteiger partial charge in [0.15, 0.2) is 5.82 Å². The van der Waals surface area contributed by atoms with Gasteiger partial charge in [0.1, 0.15) is 11.3 Å². The summed E-state index contributed by atoms with van der Waals surface area (Å²) in [6.07, 6.45) is 2.88. The number of pyridine rings is 1. The maximum atomic E-state index is 12.3. The minimum atomic E-state index is -0.500. The van der Waals surface area contributed by atoms with Crippen LogP contribution in [0.1, 0.15) is 15.9 Å². The minimum Gasteiger partial charge on any atom is -0.378 e. The number of H-pyrrole nitrogens is 1. The molecule has 3 rings (SSSR count). The fourth-order valence-corrected chi connectivity index (χ4v) is 2.41. The van der Waals surface area contributed by atoms with Crippen molar-refractivity contribution in [1.29, 1.82) is 0 Å². The number of anilines is 1. The summed E-state index contributed by atoms with van der Waals surface area (Å²) in [4.78, 5) is 37.4. The lowest BCUT2D eigenvalue weighted by molar-refractivity contribution is 0.0949. The predicted octanol–water partition coefficient (Wildman–Crippen LogP) is 1.83. The maximum absolute atomic E-state index is 12.3. The van der Waals surface area contributed by atoms with Crippen molar-refractivity contribution in [2.24, 2.45) is 0 Å². The summed E-state index contributed by atoms with van der Waals surface area (Å²) < 4.78 is 0. The first-order valence-electron chi connectivity index (χ1n) is 8.10. The second kappa shape index (κ2) is 7.60. The van der Waals surface area contributed by atoms with Gasteiger partial charge >= 0.3 is 0 Å². The first kappa shape index (κ1) is 17.3. The van der Waals surface area contributed by atoms with Gasteiger partial charge in [0, 0.05) is 38.7 Å². The standard InChI is InChI=1S/C19H19N5O2/c1-24(2)14-7-5-6-13(10-14)11-22-18(25)15-12-21-17(23-19(15)26)16-8-3-4-9-20-16/h3-10,12H,11H2,1-2H3,(H,22,25)(H,21,23,26). The van der Waals surface area contributed by atoms with Crippen molar-refractivity contribution in [3.05, 3.63) is 76.3 Å². The van der Waals surface area contributed by atoms with Crippen molar-refractivity contribution in [3.63, 3.8) is 0 Å². The first-order chi connectivity index (χ1) is 12.5. The van der Waals surface area contributed by atoms with Gasteiger partial charge in [0.05, 0.1) is 0 Å². The van der Waals surface area contributed by atoms with E-state index in [9.17, 15) is 9.59 Å². The molecule has 0 atom stereocenters. The molecule has 1 amide bonds. The zero-order valence-corrected chi connectivity index (χ0v) is 14.6. The molecule has 0 aliphatic rings. The molecule has 2 heterocycles. The molecular weight excluding hydrogens is 330 g/mol. The lowest BCUT2D eigenvalue weighted by Gasteiger charge is -2.13. The van der Waals surface area contributed by atoms with Crippen molar-refractivity contribution in [3.8, 4) is 11.5 Å². The van der Waals surface area contributed by atoms with Crippen LogP contribution in [0.5, 0.6) is 0 Å². The Balaban J connectivity index is 1.72. The molecule has 2 N–H and O–H groups in total. The molecule has 3 aromatic rings. The fourth-order valence-electron chi connectivity index (χ4n) is 2.41. The molecule has 0 fully saturated rings. The molecule has 0 saturated heterocycles. The summed E-state index contributed by atoms with van der Waals surface area (Å²) in [5.41, 5.74) is 1.99. The third kappa shape index (κ3) is 3.94. The lowest BCUT2D eigenvalue weighted by Crippen LogP contribution is -2.29. The van der Waals surface area contributed by atoms with Gasteiger partial charge in [0.25, 0.3) is 11.5 Å². The van der Waals surface area contributed by atoms with E-state index in [-0.39, 0.29) is 5.56 Å². The van der Waals surface area contributed by atoms with E-state index < -0.39 is 11.5 Å². The lowest BCUT2D eigenvalue weighted by atomic mass is 10.2. The van der Waals surface area contributed by atoms with Gasteiger partial charge in [-0.25, -0.2) is 4.98 Å². The number of hydrogen-bond acceptors (Lipinski definition) is 5. The van der Waals surface area contributed by atoms with Gasteiger partial charge in [-0.2, -0.15) is 0 Å². The smallest absolute Gasteiger partial charge is 0.264 e. The highest BCUT2D eigenvalue weighted by Crippen LogP contribution is 2.13. The number of aromatic amines is 1. The molecule has 0 spiro atoms. The number of aromatic nitrogens is 3. The number of carbonyl (C=O) groups is 1. The number of rotatable bonds is 5. The van der Waals surface area contributed by atoms with Crippen LogP contribution < -0.4 is 15.8 Å². The highest BCUT2D eigenvalue weighted by molar-refractivity contribution is 5.93. The monoisotopic (exact) mass is 349 g/mol. The van der Waals surface area contributed by atoms with Crippen molar-refractivity contribution in [2.75, 3.05) is 19.0 Å². The Morgan fingerprint density at radius 3 is 2.69 bits per heavy atom. The summed E-state index contributed by atoms with van der Waals surface area (Å²) in [7, 11) is 3.90. The average molecular weight is 349 g/mol. The van der Waals surface area contributed by atoms with Crippen LogP contribution in [0, 0.1) is 0 Å². The molecule has 7 heteroatoms. The molecule has 1 aromatic carbocycles. The quantitative estimate of drug-likeness (QED) is 0.733. The van der Waals surface area contributed by atoms with Crippen LogP contribution in [0.2, 0.25) is 0 Å². The number of nitrogens with one attached hydrogen (secondary N) is 2. The molecule has 7 nitrogen and oxygen atoms in total. The van der Waals surface area contributed by atoms with Gasteiger partial charge < -0.3 is 15.2 Å². The number of carbonyl (C=O) groups excluding carboxylic acids is 1. The second-order valence-electron chi connectivity index (χ2n) is 5.94. The van der Waals surface area contributed by atoms with E-state index in [1.165, 1.54) is 6.20 Å². The van der Waals surface area contributed by atoms with Crippen LogP contribution >= 0.6 is 0 Å². The van der Waals surface area contributed by atoms with E-state index in [1.54, 1.807) is 24.4 Å². The number of amides is 1. The Morgan fingerprint density at radius 2 is 2.00 bits per heavy atom. The topological polar surface area (TPSA) is 91.0 Å². The molecule has 0 unspecified atom stereocenters. The van der Waals surface area contributed by atoms with Crippen LogP contribution in [0.25, 0.3) is 11.5 Å². The Bertz CT molecular complexity index is 967.